The van der Waals surface area contributed by atoms with E-state index in [1.165, 1.54) is 6.92 Å². The van der Waals surface area contributed by atoms with E-state index in [-0.39, 0.29) is 35.6 Å². The lowest BCUT2D eigenvalue weighted by Crippen LogP contribution is -2.31. The van der Waals surface area contributed by atoms with Gasteiger partial charge in [-0.15, -0.1) is 0 Å². The van der Waals surface area contributed by atoms with Gasteiger partial charge in [0, 0.05) is 6.92 Å². The van der Waals surface area contributed by atoms with Gasteiger partial charge in [0.05, 0.1) is 12.6 Å². The molecule has 0 radical (unpaired) electrons. The Kier molecular flexibility index (Phi) is 6.02. The third kappa shape index (κ3) is 6.10. The van der Waals surface area contributed by atoms with Gasteiger partial charge >= 0.3 is 0 Å². The normalized spacial score (nSPS) is 12.5. The maximum atomic E-state index is 12.6. The highest BCUT2D eigenvalue weighted by molar-refractivity contribution is 5.91. The molecule has 1 atom stereocenters. The zero-order chi connectivity index (χ0) is 18.4. The summed E-state index contributed by atoms with van der Waals surface area (Å²) < 4.78 is 5.54. The zero-order valence-corrected chi connectivity index (χ0v) is 15.3. The number of rotatable bonds is 6. The fourth-order valence-electron chi connectivity index (χ4n) is 2.59. The summed E-state index contributed by atoms with van der Waals surface area (Å²) in [5.41, 5.74) is 1.13. The van der Waals surface area contributed by atoms with E-state index in [1.54, 1.807) is 12.1 Å². The van der Waals surface area contributed by atoms with Crippen LogP contribution < -0.4 is 10.6 Å². The van der Waals surface area contributed by atoms with Crippen molar-refractivity contribution in [1.29, 1.82) is 0 Å². The summed E-state index contributed by atoms with van der Waals surface area (Å²) in [6.45, 7) is 8.15. The van der Waals surface area contributed by atoms with Gasteiger partial charge in [-0.25, -0.2) is 0 Å². The summed E-state index contributed by atoms with van der Waals surface area (Å²) in [6.07, 6.45) is 0.808. The number of carbonyl (C=O) groups excluding carboxylic acids is 2. The van der Waals surface area contributed by atoms with E-state index in [2.05, 4.69) is 31.4 Å². The summed E-state index contributed by atoms with van der Waals surface area (Å²) in [5.74, 6) is 0.395. The fraction of sp³-hybridized carbons (Fsp3) is 0.400. The van der Waals surface area contributed by atoms with E-state index in [0.29, 0.717) is 5.76 Å². The van der Waals surface area contributed by atoms with Gasteiger partial charge in [0.2, 0.25) is 5.91 Å². The van der Waals surface area contributed by atoms with Crippen LogP contribution in [0.15, 0.2) is 46.9 Å². The summed E-state index contributed by atoms with van der Waals surface area (Å²) >= 11 is 0. The van der Waals surface area contributed by atoms with Crippen LogP contribution in [-0.4, -0.2) is 11.8 Å². The molecule has 0 aliphatic heterocycles. The number of hydrogen-bond donors (Lipinski definition) is 2. The summed E-state index contributed by atoms with van der Waals surface area (Å²) in [4.78, 5) is 23.5. The van der Waals surface area contributed by atoms with Crippen molar-refractivity contribution in [1.82, 2.24) is 10.6 Å². The highest BCUT2D eigenvalue weighted by atomic mass is 16.4. The molecule has 2 aromatic rings. The van der Waals surface area contributed by atoms with Crippen molar-refractivity contribution in [3.05, 3.63) is 59.5 Å². The average Bonchev–Trinajstić information content (AvgIpc) is 3.01. The standard InChI is InChI=1S/C20H26N2O3/c1-14(23)21-13-16-10-11-18(25-16)19(24)22-17(12-20(2,3)4)15-8-6-5-7-9-15/h5-11,17H,12-13H2,1-4H3,(H,21,23)(H,22,24)/t17-/m0/s1. The van der Waals surface area contributed by atoms with E-state index >= 15 is 0 Å². The molecule has 1 aromatic carbocycles. The maximum Gasteiger partial charge on any atom is 0.287 e. The van der Waals surface area contributed by atoms with Crippen LogP contribution >= 0.6 is 0 Å². The van der Waals surface area contributed by atoms with Gasteiger partial charge in [0.15, 0.2) is 5.76 Å². The minimum absolute atomic E-state index is 0.0630. The van der Waals surface area contributed by atoms with Gasteiger partial charge in [-0.2, -0.15) is 0 Å². The lowest BCUT2D eigenvalue weighted by atomic mass is 9.85. The fourth-order valence-corrected chi connectivity index (χ4v) is 2.59. The van der Waals surface area contributed by atoms with Crippen LogP contribution in [0, 0.1) is 5.41 Å². The van der Waals surface area contributed by atoms with Gasteiger partial charge in [-0.3, -0.25) is 9.59 Å². The Bertz CT molecular complexity index is 714. The first-order valence-corrected chi connectivity index (χ1v) is 8.43. The molecule has 5 heteroatoms. The van der Waals surface area contributed by atoms with Crippen molar-refractivity contribution in [2.24, 2.45) is 5.41 Å². The van der Waals surface area contributed by atoms with Gasteiger partial charge < -0.3 is 15.1 Å². The van der Waals surface area contributed by atoms with Crippen LogP contribution in [-0.2, 0) is 11.3 Å². The largest absolute Gasteiger partial charge is 0.454 e. The molecule has 0 saturated carbocycles. The second-order valence-corrected chi connectivity index (χ2v) is 7.38. The van der Waals surface area contributed by atoms with E-state index in [9.17, 15) is 9.59 Å². The molecule has 134 valence electrons. The Morgan fingerprint density at radius 3 is 2.36 bits per heavy atom. The molecule has 0 bridgehead atoms. The Balaban J connectivity index is 2.10. The first kappa shape index (κ1) is 18.8. The number of benzene rings is 1. The van der Waals surface area contributed by atoms with Gasteiger partial charge in [0.25, 0.3) is 5.91 Å². The third-order valence-corrected chi connectivity index (χ3v) is 3.72. The number of amides is 2. The van der Waals surface area contributed by atoms with Crippen molar-refractivity contribution >= 4 is 11.8 Å². The molecule has 0 unspecified atom stereocenters. The zero-order valence-electron chi connectivity index (χ0n) is 15.3. The molecule has 0 aliphatic carbocycles. The first-order valence-electron chi connectivity index (χ1n) is 8.43. The summed E-state index contributed by atoms with van der Waals surface area (Å²) in [6, 6.07) is 13.2. The molecule has 2 N–H and O–H groups in total. The molecule has 1 heterocycles. The second-order valence-electron chi connectivity index (χ2n) is 7.38. The quantitative estimate of drug-likeness (QED) is 0.838. The van der Waals surface area contributed by atoms with Crippen molar-refractivity contribution < 1.29 is 14.0 Å². The molecular weight excluding hydrogens is 316 g/mol. The molecule has 5 nitrogen and oxygen atoms in total. The second kappa shape index (κ2) is 8.01. The third-order valence-electron chi connectivity index (χ3n) is 3.72. The molecular formula is C20H26N2O3. The first-order chi connectivity index (χ1) is 11.7. The van der Waals surface area contributed by atoms with Crippen LogP contribution in [0.5, 0.6) is 0 Å². The molecule has 0 spiro atoms. The lowest BCUT2D eigenvalue weighted by molar-refractivity contribution is -0.119. The minimum Gasteiger partial charge on any atom is -0.454 e. The average molecular weight is 342 g/mol. The highest BCUT2D eigenvalue weighted by Gasteiger charge is 2.23. The van der Waals surface area contributed by atoms with Crippen LogP contribution in [0.3, 0.4) is 0 Å². The molecule has 25 heavy (non-hydrogen) atoms. The maximum absolute atomic E-state index is 12.6. The number of carbonyl (C=O) groups is 2. The van der Waals surface area contributed by atoms with Crippen LogP contribution in [0.1, 0.15) is 62.0 Å². The van der Waals surface area contributed by atoms with E-state index < -0.39 is 0 Å². The minimum atomic E-state index is -0.257. The van der Waals surface area contributed by atoms with Crippen molar-refractivity contribution in [3.8, 4) is 0 Å². The summed E-state index contributed by atoms with van der Waals surface area (Å²) in [7, 11) is 0. The Hall–Kier alpha value is -2.56. The van der Waals surface area contributed by atoms with Crippen molar-refractivity contribution in [3.63, 3.8) is 0 Å². The van der Waals surface area contributed by atoms with E-state index in [0.717, 1.165) is 12.0 Å². The Morgan fingerprint density at radius 1 is 1.08 bits per heavy atom. The smallest absolute Gasteiger partial charge is 0.287 e. The molecule has 0 fully saturated rings. The molecule has 0 saturated heterocycles. The van der Waals surface area contributed by atoms with E-state index in [1.807, 2.05) is 30.3 Å². The van der Waals surface area contributed by atoms with Crippen LogP contribution in [0.2, 0.25) is 0 Å². The molecule has 2 rings (SSSR count). The summed E-state index contributed by atoms with van der Waals surface area (Å²) in [5, 5.41) is 5.71. The monoisotopic (exact) mass is 342 g/mol. The molecule has 2 amide bonds. The van der Waals surface area contributed by atoms with Gasteiger partial charge in [0.1, 0.15) is 5.76 Å². The van der Waals surface area contributed by atoms with Gasteiger partial charge in [-0.05, 0) is 29.5 Å². The highest BCUT2D eigenvalue weighted by Crippen LogP contribution is 2.29. The van der Waals surface area contributed by atoms with Crippen molar-refractivity contribution in [2.45, 2.75) is 46.7 Å². The number of furan rings is 1. The Morgan fingerprint density at radius 2 is 1.76 bits per heavy atom. The predicted octanol–water partition coefficient (Wildman–Crippen LogP) is 3.82. The van der Waals surface area contributed by atoms with Crippen LogP contribution in [0.4, 0.5) is 0 Å². The number of nitrogens with one attached hydrogen (secondary N) is 2. The van der Waals surface area contributed by atoms with E-state index in [4.69, 9.17) is 4.42 Å². The lowest BCUT2D eigenvalue weighted by Gasteiger charge is -2.27. The number of hydrogen-bond acceptors (Lipinski definition) is 3. The van der Waals surface area contributed by atoms with Crippen LogP contribution in [0.25, 0.3) is 0 Å². The SMILES string of the molecule is CC(=O)NCc1ccc(C(=O)N[C@@H](CC(C)(C)C)c2ccccc2)o1. The predicted molar refractivity (Wildman–Crippen MR) is 96.9 cm³/mol. The van der Waals surface area contributed by atoms with Gasteiger partial charge in [-0.1, -0.05) is 51.1 Å². The molecule has 1 aromatic heterocycles. The topological polar surface area (TPSA) is 71.3 Å². The Labute approximate surface area is 148 Å². The molecule has 0 aliphatic rings. The van der Waals surface area contributed by atoms with Crippen molar-refractivity contribution in [2.75, 3.05) is 0 Å².